The number of halogens is 2. The van der Waals surface area contributed by atoms with Crippen molar-refractivity contribution in [3.63, 3.8) is 0 Å². The van der Waals surface area contributed by atoms with Crippen molar-refractivity contribution >= 4 is 23.2 Å². The largest absolute Gasteiger partial charge is 0.324 e. The van der Waals surface area contributed by atoms with Crippen LogP contribution < -0.4 is 10.6 Å². The van der Waals surface area contributed by atoms with Crippen molar-refractivity contribution in [3.8, 4) is 0 Å². The van der Waals surface area contributed by atoms with Crippen LogP contribution in [0.3, 0.4) is 0 Å². The molecule has 82 valence electrons. The fraction of sp³-hybridized carbons (Fsp3) is 0.300. The van der Waals surface area contributed by atoms with Crippen molar-refractivity contribution in [3.05, 3.63) is 28.5 Å². The Bertz CT molecular complexity index is 382. The summed E-state index contributed by atoms with van der Waals surface area (Å²) in [6.07, 6.45) is 0. The van der Waals surface area contributed by atoms with Crippen LogP contribution in [0.5, 0.6) is 0 Å². The SMILES string of the molecule is CNCC(=O)Nc1cc(F)c(C)cc1Cl. The summed E-state index contributed by atoms with van der Waals surface area (Å²) in [7, 11) is 1.65. The number of amides is 1. The molecule has 2 N–H and O–H groups in total. The maximum absolute atomic E-state index is 13.2. The number of hydrogen-bond donors (Lipinski definition) is 2. The summed E-state index contributed by atoms with van der Waals surface area (Å²) in [5.74, 6) is -0.651. The fourth-order valence-corrected chi connectivity index (χ4v) is 1.36. The van der Waals surface area contributed by atoms with Gasteiger partial charge >= 0.3 is 0 Å². The van der Waals surface area contributed by atoms with Gasteiger partial charge in [0.05, 0.1) is 17.3 Å². The highest BCUT2D eigenvalue weighted by Gasteiger charge is 2.08. The smallest absolute Gasteiger partial charge is 0.238 e. The molecule has 3 nitrogen and oxygen atoms in total. The summed E-state index contributed by atoms with van der Waals surface area (Å²) in [4.78, 5) is 11.2. The lowest BCUT2D eigenvalue weighted by molar-refractivity contribution is -0.115. The third kappa shape index (κ3) is 3.18. The van der Waals surface area contributed by atoms with E-state index in [2.05, 4.69) is 10.6 Å². The van der Waals surface area contributed by atoms with Gasteiger partial charge in [-0.15, -0.1) is 0 Å². The first kappa shape index (κ1) is 11.9. The molecule has 1 rings (SSSR count). The van der Waals surface area contributed by atoms with E-state index in [0.717, 1.165) is 0 Å². The van der Waals surface area contributed by atoms with Gasteiger partial charge in [0.1, 0.15) is 5.82 Å². The minimum atomic E-state index is -0.390. The van der Waals surface area contributed by atoms with Crippen LogP contribution in [0.2, 0.25) is 5.02 Å². The maximum atomic E-state index is 13.2. The fourth-order valence-electron chi connectivity index (χ4n) is 1.10. The van der Waals surface area contributed by atoms with Gasteiger partial charge in [0, 0.05) is 0 Å². The van der Waals surface area contributed by atoms with E-state index in [1.165, 1.54) is 12.1 Å². The van der Waals surface area contributed by atoms with E-state index in [9.17, 15) is 9.18 Å². The summed E-state index contributed by atoms with van der Waals surface area (Å²) in [5, 5.41) is 5.52. The highest BCUT2D eigenvalue weighted by molar-refractivity contribution is 6.33. The minimum absolute atomic E-state index is 0.159. The average Bonchev–Trinajstić information content (AvgIpc) is 2.14. The minimum Gasteiger partial charge on any atom is -0.324 e. The summed E-state index contributed by atoms with van der Waals surface area (Å²) in [6, 6.07) is 2.69. The summed E-state index contributed by atoms with van der Waals surface area (Å²) >= 11 is 5.84. The van der Waals surface area contributed by atoms with Gasteiger partial charge in [0.15, 0.2) is 0 Å². The van der Waals surface area contributed by atoms with E-state index in [1.807, 2.05) is 0 Å². The van der Waals surface area contributed by atoms with Crippen LogP contribution in [-0.2, 0) is 4.79 Å². The van der Waals surface area contributed by atoms with Gasteiger partial charge in [0.25, 0.3) is 0 Å². The molecule has 0 aliphatic heterocycles. The third-order valence-electron chi connectivity index (χ3n) is 1.86. The predicted molar refractivity (Wildman–Crippen MR) is 58.7 cm³/mol. The van der Waals surface area contributed by atoms with Crippen LogP contribution in [-0.4, -0.2) is 19.5 Å². The molecule has 0 heterocycles. The maximum Gasteiger partial charge on any atom is 0.238 e. The molecule has 0 saturated carbocycles. The molecule has 1 amide bonds. The molecule has 0 aromatic heterocycles. The standard InChI is InChI=1S/C10H12ClFN2O/c1-6-3-7(11)9(4-8(6)12)14-10(15)5-13-2/h3-4,13H,5H2,1-2H3,(H,14,15). The number of carbonyl (C=O) groups excluding carboxylic acids is 1. The third-order valence-corrected chi connectivity index (χ3v) is 2.17. The van der Waals surface area contributed by atoms with Crippen molar-refractivity contribution in [2.24, 2.45) is 0 Å². The number of nitrogens with one attached hydrogen (secondary N) is 2. The number of anilines is 1. The molecule has 0 unspecified atom stereocenters. The Morgan fingerprint density at radius 1 is 1.53 bits per heavy atom. The number of aryl methyl sites for hydroxylation is 1. The lowest BCUT2D eigenvalue weighted by Gasteiger charge is -2.08. The monoisotopic (exact) mass is 230 g/mol. The summed E-state index contributed by atoms with van der Waals surface area (Å²) in [5.41, 5.74) is 0.742. The molecule has 5 heteroatoms. The van der Waals surface area contributed by atoms with E-state index in [4.69, 9.17) is 11.6 Å². The zero-order chi connectivity index (χ0) is 11.4. The Balaban J connectivity index is 2.86. The summed E-state index contributed by atoms with van der Waals surface area (Å²) in [6.45, 7) is 1.77. The highest BCUT2D eigenvalue weighted by Crippen LogP contribution is 2.24. The molecule has 0 aliphatic carbocycles. The molecule has 0 atom stereocenters. The molecule has 0 fully saturated rings. The molecule has 15 heavy (non-hydrogen) atoms. The number of benzene rings is 1. The predicted octanol–water partition coefficient (Wildman–Crippen LogP) is 1.95. The first-order valence-electron chi connectivity index (χ1n) is 4.44. The van der Waals surface area contributed by atoms with E-state index < -0.39 is 0 Å². The Morgan fingerprint density at radius 3 is 2.80 bits per heavy atom. The molecule has 0 aliphatic rings. The van der Waals surface area contributed by atoms with Gasteiger partial charge in [-0.1, -0.05) is 11.6 Å². The van der Waals surface area contributed by atoms with Crippen molar-refractivity contribution in [1.82, 2.24) is 5.32 Å². The number of carbonyl (C=O) groups is 1. The van der Waals surface area contributed by atoms with Crippen molar-refractivity contribution < 1.29 is 9.18 Å². The van der Waals surface area contributed by atoms with E-state index >= 15 is 0 Å². The van der Waals surface area contributed by atoms with Crippen LogP contribution in [0.25, 0.3) is 0 Å². The second kappa shape index (κ2) is 5.09. The van der Waals surface area contributed by atoms with Crippen LogP contribution >= 0.6 is 11.6 Å². The van der Waals surface area contributed by atoms with Crippen LogP contribution in [0, 0.1) is 12.7 Å². The number of hydrogen-bond acceptors (Lipinski definition) is 2. The normalized spacial score (nSPS) is 10.1. The van der Waals surface area contributed by atoms with E-state index in [-0.39, 0.29) is 18.3 Å². The second-order valence-electron chi connectivity index (χ2n) is 3.16. The Morgan fingerprint density at radius 2 is 2.20 bits per heavy atom. The molecule has 1 aromatic carbocycles. The van der Waals surface area contributed by atoms with E-state index in [1.54, 1.807) is 14.0 Å². The topological polar surface area (TPSA) is 41.1 Å². The van der Waals surface area contributed by atoms with Crippen molar-refractivity contribution in [2.45, 2.75) is 6.92 Å². The Labute approximate surface area is 92.6 Å². The van der Waals surface area contributed by atoms with Crippen LogP contribution in [0.4, 0.5) is 10.1 Å². The average molecular weight is 231 g/mol. The van der Waals surface area contributed by atoms with Gasteiger partial charge in [0.2, 0.25) is 5.91 Å². The molecule has 0 radical (unpaired) electrons. The van der Waals surface area contributed by atoms with Gasteiger partial charge in [-0.3, -0.25) is 4.79 Å². The molecule has 0 spiro atoms. The molecule has 0 saturated heterocycles. The zero-order valence-electron chi connectivity index (χ0n) is 8.53. The molecular weight excluding hydrogens is 219 g/mol. The summed E-state index contributed by atoms with van der Waals surface area (Å²) < 4.78 is 13.2. The highest BCUT2D eigenvalue weighted by atomic mass is 35.5. The van der Waals surface area contributed by atoms with Crippen molar-refractivity contribution in [1.29, 1.82) is 0 Å². The van der Waals surface area contributed by atoms with Crippen LogP contribution in [0.1, 0.15) is 5.56 Å². The number of rotatable bonds is 3. The Hall–Kier alpha value is -1.13. The second-order valence-corrected chi connectivity index (χ2v) is 3.57. The molecule has 1 aromatic rings. The quantitative estimate of drug-likeness (QED) is 0.833. The Kier molecular flexibility index (Phi) is 4.05. The van der Waals surface area contributed by atoms with Gasteiger partial charge in [-0.05, 0) is 31.7 Å². The van der Waals surface area contributed by atoms with Crippen LogP contribution in [0.15, 0.2) is 12.1 Å². The van der Waals surface area contributed by atoms with Gasteiger partial charge < -0.3 is 10.6 Å². The number of likely N-dealkylation sites (N-methyl/N-ethyl adjacent to an activating group) is 1. The molecule has 0 bridgehead atoms. The van der Waals surface area contributed by atoms with Gasteiger partial charge in [-0.2, -0.15) is 0 Å². The lowest BCUT2D eigenvalue weighted by atomic mass is 10.2. The first-order chi connectivity index (χ1) is 7.04. The van der Waals surface area contributed by atoms with Gasteiger partial charge in [-0.25, -0.2) is 4.39 Å². The first-order valence-corrected chi connectivity index (χ1v) is 4.82. The van der Waals surface area contributed by atoms with Crippen molar-refractivity contribution in [2.75, 3.05) is 18.9 Å². The molecular formula is C10H12ClFN2O. The van der Waals surface area contributed by atoms with E-state index in [0.29, 0.717) is 16.3 Å². The lowest BCUT2D eigenvalue weighted by Crippen LogP contribution is -2.25. The zero-order valence-corrected chi connectivity index (χ0v) is 9.28.